The minimum absolute atomic E-state index is 0.745. The number of halogens is 1. The van der Waals surface area contributed by atoms with Crippen LogP contribution >= 0.6 is 0 Å². The summed E-state index contributed by atoms with van der Waals surface area (Å²) < 4.78 is 33.1. The lowest BCUT2D eigenvalue weighted by Gasteiger charge is -1.84. The van der Waals surface area contributed by atoms with Crippen molar-refractivity contribution in [3.8, 4) is 0 Å². The van der Waals surface area contributed by atoms with E-state index in [9.17, 15) is 12.3 Å². The first-order valence-corrected chi connectivity index (χ1v) is 2.78. The Labute approximate surface area is 41.5 Å². The predicted molar refractivity (Wildman–Crippen MR) is 21.1 cm³/mol. The third-order valence-electron chi connectivity index (χ3n) is 0.211. The minimum atomic E-state index is -4.73. The molecule has 0 saturated heterocycles. The lowest BCUT2D eigenvalue weighted by Crippen LogP contribution is -1.91. The highest BCUT2D eigenvalue weighted by Gasteiger charge is 2.02. The summed E-state index contributed by atoms with van der Waals surface area (Å²) in [6.45, 7) is 2.01. The van der Waals surface area contributed by atoms with Crippen LogP contribution in [0.5, 0.6) is 0 Å². The SMILES string of the molecule is C[CH]OS(=O)(=O)F. The second-order valence-electron chi connectivity index (χ2n) is 0.725. The molecule has 0 unspecified atom stereocenters. The molecule has 0 amide bonds. The summed E-state index contributed by atoms with van der Waals surface area (Å²) in [4.78, 5) is 0. The van der Waals surface area contributed by atoms with Crippen LogP contribution in [0.2, 0.25) is 0 Å². The van der Waals surface area contributed by atoms with E-state index in [1.165, 1.54) is 6.92 Å². The molecule has 0 aliphatic heterocycles. The van der Waals surface area contributed by atoms with Crippen molar-refractivity contribution in [3.05, 3.63) is 6.61 Å². The van der Waals surface area contributed by atoms with Crippen LogP contribution in [0.1, 0.15) is 6.92 Å². The zero-order valence-corrected chi connectivity index (χ0v) is 4.40. The molecule has 43 valence electrons. The minimum Gasteiger partial charge on any atom is -0.239 e. The van der Waals surface area contributed by atoms with E-state index in [1.807, 2.05) is 0 Å². The summed E-state index contributed by atoms with van der Waals surface area (Å²) in [7, 11) is -4.73. The van der Waals surface area contributed by atoms with Crippen molar-refractivity contribution in [1.29, 1.82) is 0 Å². The zero-order valence-electron chi connectivity index (χ0n) is 3.59. The highest BCUT2D eigenvalue weighted by molar-refractivity contribution is 7.81. The van der Waals surface area contributed by atoms with Gasteiger partial charge in [0.25, 0.3) is 0 Å². The van der Waals surface area contributed by atoms with Gasteiger partial charge in [0.2, 0.25) is 0 Å². The Morgan fingerprint density at radius 1 is 1.71 bits per heavy atom. The Morgan fingerprint density at radius 2 is 2.14 bits per heavy atom. The second-order valence-corrected chi connectivity index (χ2v) is 1.70. The molecule has 1 radical (unpaired) electrons. The van der Waals surface area contributed by atoms with E-state index in [-0.39, 0.29) is 0 Å². The maximum atomic E-state index is 11.1. The van der Waals surface area contributed by atoms with Crippen LogP contribution in [0.15, 0.2) is 0 Å². The molecule has 0 aromatic heterocycles. The van der Waals surface area contributed by atoms with E-state index >= 15 is 0 Å². The smallest absolute Gasteiger partial charge is 0.239 e. The van der Waals surface area contributed by atoms with Gasteiger partial charge in [0.15, 0.2) is 0 Å². The Morgan fingerprint density at radius 3 is 2.14 bits per heavy atom. The predicted octanol–water partition coefficient (Wildman–Crippen LogP) is 0.399. The summed E-state index contributed by atoms with van der Waals surface area (Å²) in [6, 6.07) is 0. The molecule has 0 heterocycles. The standard InChI is InChI=1S/C2H4FO3S/c1-2-6-7(3,4)5/h2H,1H3. The quantitative estimate of drug-likeness (QED) is 0.504. The molecular formula is C2H4FO3S. The first-order valence-electron chi connectivity index (χ1n) is 1.47. The fourth-order valence-corrected chi connectivity index (χ4v) is 0.345. The average molecular weight is 127 g/mol. The molecule has 3 nitrogen and oxygen atoms in total. The lowest BCUT2D eigenvalue weighted by molar-refractivity contribution is 0.365. The van der Waals surface area contributed by atoms with Gasteiger partial charge in [-0.2, -0.15) is 8.42 Å². The van der Waals surface area contributed by atoms with Crippen molar-refractivity contribution in [3.63, 3.8) is 0 Å². The summed E-state index contributed by atoms with van der Waals surface area (Å²) >= 11 is 0. The third-order valence-corrected chi connectivity index (χ3v) is 0.633. The largest absolute Gasteiger partial charge is 0.437 e. The molecule has 0 rings (SSSR count). The van der Waals surface area contributed by atoms with E-state index in [0.29, 0.717) is 0 Å². The van der Waals surface area contributed by atoms with Gasteiger partial charge < -0.3 is 0 Å². The van der Waals surface area contributed by atoms with E-state index in [0.717, 1.165) is 6.61 Å². The molecule has 0 N–H and O–H groups in total. The molecule has 5 heteroatoms. The monoisotopic (exact) mass is 127 g/mol. The maximum Gasteiger partial charge on any atom is 0.437 e. The van der Waals surface area contributed by atoms with Gasteiger partial charge in [-0.15, -0.1) is 0 Å². The molecule has 0 saturated carbocycles. The van der Waals surface area contributed by atoms with E-state index in [2.05, 4.69) is 4.18 Å². The van der Waals surface area contributed by atoms with Crippen molar-refractivity contribution in [2.45, 2.75) is 6.92 Å². The fourth-order valence-electron chi connectivity index (χ4n) is 0.115. The lowest BCUT2D eigenvalue weighted by atomic mass is 10.9. The topological polar surface area (TPSA) is 43.4 Å². The molecule has 7 heavy (non-hydrogen) atoms. The van der Waals surface area contributed by atoms with Gasteiger partial charge in [-0.05, 0) is 6.92 Å². The highest BCUT2D eigenvalue weighted by Crippen LogP contribution is 1.93. The van der Waals surface area contributed by atoms with Crippen molar-refractivity contribution in [1.82, 2.24) is 0 Å². The molecule has 0 aromatic rings. The molecule has 0 aliphatic rings. The Balaban J connectivity index is 3.60. The molecule has 0 bridgehead atoms. The van der Waals surface area contributed by atoms with E-state index in [4.69, 9.17) is 0 Å². The first-order chi connectivity index (χ1) is 3.06. The molecule has 0 fully saturated rings. The zero-order chi connectivity index (χ0) is 5.91. The molecule has 0 aromatic carbocycles. The van der Waals surface area contributed by atoms with Gasteiger partial charge in [0, 0.05) is 0 Å². The van der Waals surface area contributed by atoms with Crippen LogP contribution < -0.4 is 0 Å². The molecule has 0 atom stereocenters. The van der Waals surface area contributed by atoms with E-state index in [1.54, 1.807) is 0 Å². The van der Waals surface area contributed by atoms with Crippen molar-refractivity contribution in [2.24, 2.45) is 0 Å². The summed E-state index contributed by atoms with van der Waals surface area (Å²) in [5, 5.41) is 0. The highest BCUT2D eigenvalue weighted by atomic mass is 32.3. The van der Waals surface area contributed by atoms with Gasteiger partial charge >= 0.3 is 10.5 Å². The van der Waals surface area contributed by atoms with Crippen molar-refractivity contribution in [2.75, 3.05) is 0 Å². The van der Waals surface area contributed by atoms with Crippen LogP contribution in [0, 0.1) is 6.61 Å². The van der Waals surface area contributed by atoms with Crippen molar-refractivity contribution >= 4 is 10.5 Å². The Kier molecular flexibility index (Phi) is 2.17. The summed E-state index contributed by atoms with van der Waals surface area (Å²) in [6.07, 6.45) is 0. The summed E-state index contributed by atoms with van der Waals surface area (Å²) in [5.74, 6) is 0. The van der Waals surface area contributed by atoms with Crippen LogP contribution in [0.3, 0.4) is 0 Å². The molecular weight excluding hydrogens is 123 g/mol. The Hall–Kier alpha value is -0.160. The first kappa shape index (κ1) is 6.84. The van der Waals surface area contributed by atoms with Gasteiger partial charge in [-0.3, -0.25) is 0 Å². The van der Waals surface area contributed by atoms with Crippen LogP contribution in [-0.2, 0) is 14.7 Å². The van der Waals surface area contributed by atoms with E-state index < -0.39 is 10.5 Å². The third kappa shape index (κ3) is 5.84. The van der Waals surface area contributed by atoms with Crippen LogP contribution in [0.4, 0.5) is 3.89 Å². The Bertz CT molecular complexity index is 126. The second kappa shape index (κ2) is 2.23. The number of hydrogen-bond donors (Lipinski definition) is 0. The summed E-state index contributed by atoms with van der Waals surface area (Å²) in [5.41, 5.74) is 0. The fraction of sp³-hybridized carbons (Fsp3) is 0.500. The molecule has 0 spiro atoms. The van der Waals surface area contributed by atoms with Gasteiger partial charge in [0.05, 0.1) is 0 Å². The molecule has 0 aliphatic carbocycles. The van der Waals surface area contributed by atoms with Crippen molar-refractivity contribution < 1.29 is 16.5 Å². The van der Waals surface area contributed by atoms with Crippen LogP contribution in [0.25, 0.3) is 0 Å². The maximum absolute atomic E-state index is 11.1. The number of hydrogen-bond acceptors (Lipinski definition) is 3. The van der Waals surface area contributed by atoms with Gasteiger partial charge in [-0.1, -0.05) is 3.89 Å². The normalized spacial score (nSPS) is 11.7. The number of rotatable bonds is 2. The van der Waals surface area contributed by atoms with Gasteiger partial charge in [0.1, 0.15) is 6.61 Å². The van der Waals surface area contributed by atoms with Crippen LogP contribution in [-0.4, -0.2) is 8.42 Å². The average Bonchev–Trinajstić information content (AvgIpc) is 1.30. The van der Waals surface area contributed by atoms with Gasteiger partial charge in [-0.25, -0.2) is 4.18 Å².